The number of nitrogens with one attached hydrogen (secondary N) is 1. The number of benzene rings is 2. The molecule has 1 N–H and O–H groups in total. The summed E-state index contributed by atoms with van der Waals surface area (Å²) in [6.45, 7) is 2.35. The second kappa shape index (κ2) is 8.65. The quantitative estimate of drug-likeness (QED) is 0.698. The lowest BCUT2D eigenvalue weighted by molar-refractivity contribution is -0.128. The van der Waals surface area contributed by atoms with Crippen LogP contribution in [0.25, 0.3) is 10.9 Å². The molecule has 8 heteroatoms. The lowest BCUT2D eigenvalue weighted by atomic mass is 10.2. The van der Waals surface area contributed by atoms with E-state index in [2.05, 4.69) is 9.97 Å². The Hall–Kier alpha value is -2.87. The van der Waals surface area contributed by atoms with Gasteiger partial charge >= 0.3 is 0 Å². The highest BCUT2D eigenvalue weighted by molar-refractivity contribution is 7.99. The molecule has 0 bridgehead atoms. The van der Waals surface area contributed by atoms with Gasteiger partial charge in [0.15, 0.2) is 0 Å². The monoisotopic (exact) mass is 412 g/mol. The van der Waals surface area contributed by atoms with Crippen LogP contribution in [0, 0.1) is 5.82 Å². The number of carbonyl (C=O) groups excluding carboxylic acids is 1. The fourth-order valence-electron chi connectivity index (χ4n) is 3.43. The molecule has 3 aromatic rings. The minimum absolute atomic E-state index is 0.0475. The number of hydrogen-bond donors (Lipinski definition) is 1. The van der Waals surface area contributed by atoms with Crippen molar-refractivity contribution in [3.63, 3.8) is 0 Å². The van der Waals surface area contributed by atoms with Gasteiger partial charge in [-0.15, -0.1) is 11.8 Å². The maximum atomic E-state index is 13.9. The number of para-hydroxylation sites is 2. The van der Waals surface area contributed by atoms with Crippen molar-refractivity contribution in [1.82, 2.24) is 14.9 Å². The fraction of sp³-hybridized carbons (Fsp3) is 0.286. The van der Waals surface area contributed by atoms with Gasteiger partial charge in [0, 0.05) is 26.2 Å². The molecule has 6 nitrogen and oxygen atoms in total. The Morgan fingerprint density at radius 3 is 2.59 bits per heavy atom. The van der Waals surface area contributed by atoms with Crippen LogP contribution in [0.4, 0.5) is 10.1 Å². The summed E-state index contributed by atoms with van der Waals surface area (Å²) >= 11 is 1.43. The zero-order chi connectivity index (χ0) is 20.2. The van der Waals surface area contributed by atoms with Crippen molar-refractivity contribution in [3.8, 4) is 0 Å². The number of anilines is 1. The predicted molar refractivity (Wildman–Crippen MR) is 114 cm³/mol. The molecular weight excluding hydrogens is 391 g/mol. The van der Waals surface area contributed by atoms with Gasteiger partial charge in [-0.25, -0.2) is 9.37 Å². The first-order valence-corrected chi connectivity index (χ1v) is 10.6. The number of thioether (sulfide) groups is 1. The minimum Gasteiger partial charge on any atom is -0.366 e. The van der Waals surface area contributed by atoms with E-state index in [1.54, 1.807) is 35.2 Å². The Labute approximate surface area is 171 Å². The number of fused-ring (bicyclic) bond motifs is 1. The maximum Gasteiger partial charge on any atom is 0.258 e. The molecule has 29 heavy (non-hydrogen) atoms. The number of halogens is 1. The molecule has 0 aliphatic carbocycles. The topological polar surface area (TPSA) is 69.3 Å². The Morgan fingerprint density at radius 1 is 1.07 bits per heavy atom. The number of hydrogen-bond acceptors (Lipinski definition) is 5. The largest absolute Gasteiger partial charge is 0.366 e. The molecular formula is C21H21FN4O2S. The van der Waals surface area contributed by atoms with E-state index in [-0.39, 0.29) is 17.3 Å². The molecule has 0 unspecified atom stereocenters. The van der Waals surface area contributed by atoms with Crippen molar-refractivity contribution in [1.29, 1.82) is 0 Å². The smallest absolute Gasteiger partial charge is 0.258 e. The first kappa shape index (κ1) is 19.4. The van der Waals surface area contributed by atoms with Gasteiger partial charge in [0.2, 0.25) is 5.91 Å². The van der Waals surface area contributed by atoms with Crippen LogP contribution in [0.5, 0.6) is 0 Å². The predicted octanol–water partition coefficient (Wildman–Crippen LogP) is 2.64. The molecule has 1 aliphatic rings. The van der Waals surface area contributed by atoms with Crippen LogP contribution in [0.15, 0.2) is 53.3 Å². The Bertz CT molecular complexity index is 1080. The van der Waals surface area contributed by atoms with Crippen LogP contribution in [-0.2, 0) is 10.5 Å². The number of carbonyl (C=O) groups is 1. The average molecular weight is 412 g/mol. The van der Waals surface area contributed by atoms with E-state index in [1.165, 1.54) is 17.8 Å². The zero-order valence-corrected chi connectivity index (χ0v) is 16.6. The molecule has 2 heterocycles. The van der Waals surface area contributed by atoms with Gasteiger partial charge in [-0.2, -0.15) is 0 Å². The third-order valence-corrected chi connectivity index (χ3v) is 5.88. The van der Waals surface area contributed by atoms with Gasteiger partial charge in [-0.1, -0.05) is 24.3 Å². The number of aromatic nitrogens is 2. The number of aromatic amines is 1. The Morgan fingerprint density at radius 2 is 1.79 bits per heavy atom. The number of nitrogens with zero attached hydrogens (tertiary/aromatic N) is 3. The molecule has 2 aromatic carbocycles. The average Bonchev–Trinajstić information content (AvgIpc) is 2.74. The van der Waals surface area contributed by atoms with E-state index >= 15 is 0 Å². The van der Waals surface area contributed by atoms with Crippen LogP contribution in [0.2, 0.25) is 0 Å². The minimum atomic E-state index is -0.236. The summed E-state index contributed by atoms with van der Waals surface area (Å²) in [4.78, 5) is 35.6. The van der Waals surface area contributed by atoms with Crippen molar-refractivity contribution >= 4 is 34.3 Å². The van der Waals surface area contributed by atoms with Crippen molar-refractivity contribution in [2.45, 2.75) is 5.75 Å². The Balaban J connectivity index is 1.29. The van der Waals surface area contributed by atoms with Crippen molar-refractivity contribution < 1.29 is 9.18 Å². The van der Waals surface area contributed by atoms with Gasteiger partial charge in [0.1, 0.15) is 11.6 Å². The normalized spacial score (nSPS) is 14.4. The van der Waals surface area contributed by atoms with E-state index in [4.69, 9.17) is 0 Å². The Kier molecular flexibility index (Phi) is 5.80. The summed E-state index contributed by atoms with van der Waals surface area (Å²) in [5, 5.41) is 0.560. The molecule has 1 aromatic heterocycles. The van der Waals surface area contributed by atoms with Gasteiger partial charge in [-0.3, -0.25) is 9.59 Å². The lowest BCUT2D eigenvalue weighted by Crippen LogP contribution is -2.49. The summed E-state index contributed by atoms with van der Waals surface area (Å²) in [6, 6.07) is 13.9. The fourth-order valence-corrected chi connectivity index (χ4v) is 4.22. The van der Waals surface area contributed by atoms with Crippen molar-refractivity contribution in [2.24, 2.45) is 0 Å². The summed E-state index contributed by atoms with van der Waals surface area (Å²) in [7, 11) is 0. The third kappa shape index (κ3) is 4.42. The molecule has 1 amide bonds. The van der Waals surface area contributed by atoms with E-state index in [1.807, 2.05) is 17.0 Å². The van der Waals surface area contributed by atoms with Crippen LogP contribution in [0.1, 0.15) is 5.82 Å². The summed E-state index contributed by atoms with van der Waals surface area (Å²) in [5.74, 6) is 1.15. The lowest BCUT2D eigenvalue weighted by Gasteiger charge is -2.36. The first-order valence-electron chi connectivity index (χ1n) is 9.45. The van der Waals surface area contributed by atoms with Crippen LogP contribution < -0.4 is 10.5 Å². The second-order valence-corrected chi connectivity index (χ2v) is 7.83. The standard InChI is InChI=1S/C21H21FN4O2S/c22-16-6-2-4-8-18(16)25-9-11-26(12-10-25)20(27)14-29-13-19-23-17-7-3-1-5-15(17)21(28)24-19/h1-8H,9-14H2,(H,23,24,28). The highest BCUT2D eigenvalue weighted by Crippen LogP contribution is 2.20. The third-order valence-electron chi connectivity index (χ3n) is 4.95. The van der Waals surface area contributed by atoms with Gasteiger partial charge < -0.3 is 14.8 Å². The second-order valence-electron chi connectivity index (χ2n) is 6.84. The molecule has 150 valence electrons. The summed E-state index contributed by atoms with van der Waals surface area (Å²) in [5.41, 5.74) is 1.07. The SMILES string of the molecule is O=C(CSCc1nc2ccccc2c(=O)[nH]1)N1CCN(c2ccccc2F)CC1. The van der Waals surface area contributed by atoms with E-state index < -0.39 is 0 Å². The van der Waals surface area contributed by atoms with E-state index in [9.17, 15) is 14.0 Å². The molecule has 0 saturated carbocycles. The van der Waals surface area contributed by atoms with Gasteiger partial charge in [0.25, 0.3) is 5.56 Å². The van der Waals surface area contributed by atoms with Crippen molar-refractivity contribution in [2.75, 3.05) is 36.8 Å². The number of H-pyrrole nitrogens is 1. The molecule has 0 spiro atoms. The highest BCUT2D eigenvalue weighted by atomic mass is 32.2. The van der Waals surface area contributed by atoms with E-state index in [0.29, 0.717) is 60.1 Å². The number of piperazine rings is 1. The first-order chi connectivity index (χ1) is 14.1. The zero-order valence-electron chi connectivity index (χ0n) is 15.8. The molecule has 1 fully saturated rings. The molecule has 1 aliphatic heterocycles. The molecule has 0 radical (unpaired) electrons. The van der Waals surface area contributed by atoms with Crippen molar-refractivity contribution in [3.05, 3.63) is 70.5 Å². The van der Waals surface area contributed by atoms with Gasteiger partial charge in [0.05, 0.1) is 28.1 Å². The summed E-state index contributed by atoms with van der Waals surface area (Å²) < 4.78 is 13.9. The number of rotatable bonds is 5. The van der Waals surface area contributed by atoms with Crippen LogP contribution in [-0.4, -0.2) is 52.7 Å². The highest BCUT2D eigenvalue weighted by Gasteiger charge is 2.22. The van der Waals surface area contributed by atoms with E-state index in [0.717, 1.165) is 0 Å². The summed E-state index contributed by atoms with van der Waals surface area (Å²) in [6.07, 6.45) is 0. The van der Waals surface area contributed by atoms with Crippen LogP contribution >= 0.6 is 11.8 Å². The van der Waals surface area contributed by atoms with Crippen LogP contribution in [0.3, 0.4) is 0 Å². The maximum absolute atomic E-state index is 13.9. The molecule has 0 atom stereocenters. The molecule has 4 rings (SSSR count). The number of amides is 1. The molecule has 1 saturated heterocycles. The van der Waals surface area contributed by atoms with Gasteiger partial charge in [-0.05, 0) is 24.3 Å².